The number of nitrogens with one attached hydrogen (secondary N) is 1. The highest BCUT2D eigenvalue weighted by Crippen LogP contribution is 2.18. The van der Waals surface area contributed by atoms with Crippen molar-refractivity contribution in [2.75, 3.05) is 19.5 Å². The second kappa shape index (κ2) is 7.17. The van der Waals surface area contributed by atoms with Crippen LogP contribution in [-0.2, 0) is 11.2 Å². The Labute approximate surface area is 107 Å². The third kappa shape index (κ3) is 4.65. The molecule has 0 aliphatic rings. The zero-order valence-corrected chi connectivity index (χ0v) is 11.0. The molecule has 3 nitrogen and oxygen atoms in total. The number of hydrogen-bond acceptors (Lipinski definition) is 2. The van der Waals surface area contributed by atoms with Crippen LogP contribution in [0.5, 0.6) is 5.75 Å². The van der Waals surface area contributed by atoms with Crippen LogP contribution in [0.4, 0.5) is 0 Å². The number of rotatable bonds is 6. The quantitative estimate of drug-likeness (QED) is 0.792. The van der Waals surface area contributed by atoms with Crippen molar-refractivity contribution in [2.45, 2.75) is 19.8 Å². The number of aryl methyl sites for hydroxylation is 1. The molecule has 1 aromatic carbocycles. The Morgan fingerprint density at radius 1 is 1.47 bits per heavy atom. The Kier molecular flexibility index (Phi) is 5.84. The largest absolute Gasteiger partial charge is 0.496 e. The first-order valence-electron chi connectivity index (χ1n) is 5.63. The number of benzene rings is 1. The van der Waals surface area contributed by atoms with Gasteiger partial charge in [-0.25, -0.2) is 0 Å². The van der Waals surface area contributed by atoms with Gasteiger partial charge < -0.3 is 10.1 Å². The van der Waals surface area contributed by atoms with Gasteiger partial charge in [-0.2, -0.15) is 0 Å². The number of halogens is 1. The van der Waals surface area contributed by atoms with E-state index >= 15 is 0 Å². The topological polar surface area (TPSA) is 38.3 Å². The van der Waals surface area contributed by atoms with Gasteiger partial charge in [0.05, 0.1) is 7.11 Å². The second-order valence-electron chi connectivity index (χ2n) is 3.84. The fraction of sp³-hybridized carbons (Fsp3) is 0.462. The van der Waals surface area contributed by atoms with E-state index in [0.717, 1.165) is 17.7 Å². The molecule has 0 saturated carbocycles. The maximum absolute atomic E-state index is 11.2. The molecule has 94 valence electrons. The highest BCUT2D eigenvalue weighted by Gasteiger charge is 2.02. The van der Waals surface area contributed by atoms with Gasteiger partial charge in [0.2, 0.25) is 5.91 Å². The zero-order chi connectivity index (χ0) is 12.7. The molecule has 0 aliphatic heterocycles. The van der Waals surface area contributed by atoms with Crippen LogP contribution in [0.25, 0.3) is 0 Å². The summed E-state index contributed by atoms with van der Waals surface area (Å²) in [4.78, 5) is 11.2. The summed E-state index contributed by atoms with van der Waals surface area (Å²) in [7, 11) is 1.66. The van der Waals surface area contributed by atoms with Crippen molar-refractivity contribution in [2.24, 2.45) is 0 Å². The zero-order valence-electron chi connectivity index (χ0n) is 10.3. The molecule has 17 heavy (non-hydrogen) atoms. The first kappa shape index (κ1) is 13.8. The van der Waals surface area contributed by atoms with Crippen LogP contribution >= 0.6 is 11.6 Å². The second-order valence-corrected chi connectivity index (χ2v) is 4.22. The Bertz CT molecular complexity index is 380. The first-order chi connectivity index (χ1) is 8.17. The van der Waals surface area contributed by atoms with Gasteiger partial charge in [-0.1, -0.05) is 12.1 Å². The summed E-state index contributed by atoms with van der Waals surface area (Å²) in [6, 6.07) is 6.04. The van der Waals surface area contributed by atoms with Crippen LogP contribution in [0.15, 0.2) is 18.2 Å². The van der Waals surface area contributed by atoms with Gasteiger partial charge in [0, 0.05) is 18.8 Å². The molecule has 0 saturated heterocycles. The third-order valence-corrected chi connectivity index (χ3v) is 2.71. The van der Waals surface area contributed by atoms with Crippen molar-refractivity contribution >= 4 is 17.5 Å². The highest BCUT2D eigenvalue weighted by molar-refractivity contribution is 6.18. The molecular weight excluding hydrogens is 238 g/mol. The van der Waals surface area contributed by atoms with E-state index in [2.05, 4.69) is 11.4 Å². The van der Waals surface area contributed by atoms with Gasteiger partial charge in [0.1, 0.15) is 5.75 Å². The maximum atomic E-state index is 11.2. The van der Waals surface area contributed by atoms with Gasteiger partial charge in [0.25, 0.3) is 0 Å². The van der Waals surface area contributed by atoms with Crippen molar-refractivity contribution in [3.63, 3.8) is 0 Å². The molecule has 0 radical (unpaired) electrons. The number of carbonyl (C=O) groups excluding carboxylic acids is 1. The van der Waals surface area contributed by atoms with E-state index in [-0.39, 0.29) is 5.91 Å². The van der Waals surface area contributed by atoms with Crippen molar-refractivity contribution in [1.82, 2.24) is 5.32 Å². The summed E-state index contributed by atoms with van der Waals surface area (Å²) in [5.41, 5.74) is 2.30. The highest BCUT2D eigenvalue weighted by atomic mass is 35.5. The molecule has 0 spiro atoms. The number of methoxy groups -OCH3 is 1. The summed E-state index contributed by atoms with van der Waals surface area (Å²) >= 11 is 5.47. The normalized spacial score (nSPS) is 10.1. The summed E-state index contributed by atoms with van der Waals surface area (Å²) in [5, 5.41) is 2.83. The van der Waals surface area contributed by atoms with Crippen LogP contribution in [0.3, 0.4) is 0 Å². The van der Waals surface area contributed by atoms with Crippen molar-refractivity contribution in [1.29, 1.82) is 0 Å². The number of alkyl halides is 1. The number of amides is 1. The molecule has 0 unspecified atom stereocenters. The van der Waals surface area contributed by atoms with E-state index in [9.17, 15) is 4.79 Å². The Morgan fingerprint density at radius 2 is 2.24 bits per heavy atom. The first-order valence-corrected chi connectivity index (χ1v) is 6.17. The van der Waals surface area contributed by atoms with Gasteiger partial charge >= 0.3 is 0 Å². The Balaban J connectivity index is 2.42. The predicted molar refractivity (Wildman–Crippen MR) is 69.8 cm³/mol. The number of hydrogen-bond donors (Lipinski definition) is 1. The molecule has 1 amide bonds. The average molecular weight is 256 g/mol. The van der Waals surface area contributed by atoms with Crippen molar-refractivity contribution < 1.29 is 9.53 Å². The lowest BCUT2D eigenvalue weighted by Crippen LogP contribution is -2.25. The SMILES string of the molecule is COc1ccc(CCNC(=O)CCCl)cc1C. The molecule has 1 N–H and O–H groups in total. The molecule has 0 bridgehead atoms. The van der Waals surface area contributed by atoms with Crippen molar-refractivity contribution in [3.05, 3.63) is 29.3 Å². The Morgan fingerprint density at radius 3 is 2.82 bits per heavy atom. The lowest BCUT2D eigenvalue weighted by Gasteiger charge is -2.08. The van der Waals surface area contributed by atoms with E-state index in [0.29, 0.717) is 18.8 Å². The lowest BCUT2D eigenvalue weighted by atomic mass is 10.1. The minimum absolute atomic E-state index is 0.00485. The fourth-order valence-corrected chi connectivity index (χ4v) is 1.79. The van der Waals surface area contributed by atoms with E-state index in [1.165, 1.54) is 5.56 Å². The van der Waals surface area contributed by atoms with Crippen LogP contribution in [-0.4, -0.2) is 25.4 Å². The van der Waals surface area contributed by atoms with E-state index in [1.807, 2.05) is 19.1 Å². The molecule has 0 fully saturated rings. The van der Waals surface area contributed by atoms with Crippen molar-refractivity contribution in [3.8, 4) is 5.75 Å². The van der Waals surface area contributed by atoms with Crippen LogP contribution < -0.4 is 10.1 Å². The monoisotopic (exact) mass is 255 g/mol. The minimum Gasteiger partial charge on any atom is -0.496 e. The molecule has 0 atom stereocenters. The van der Waals surface area contributed by atoms with Crippen LogP contribution in [0.2, 0.25) is 0 Å². The lowest BCUT2D eigenvalue weighted by molar-refractivity contribution is -0.120. The summed E-state index contributed by atoms with van der Waals surface area (Å²) in [6.07, 6.45) is 1.20. The number of carbonyl (C=O) groups is 1. The minimum atomic E-state index is 0.00485. The standard InChI is InChI=1S/C13H18ClNO2/c1-10-9-11(3-4-12(10)17-2)6-8-15-13(16)5-7-14/h3-4,9H,5-8H2,1-2H3,(H,15,16). The van der Waals surface area contributed by atoms with Crippen LogP contribution in [0, 0.1) is 6.92 Å². The maximum Gasteiger partial charge on any atom is 0.221 e. The molecule has 1 aromatic rings. The van der Waals surface area contributed by atoms with Gasteiger partial charge in [-0.05, 0) is 30.5 Å². The predicted octanol–water partition coefficient (Wildman–Crippen LogP) is 2.29. The number of ether oxygens (including phenoxy) is 1. The van der Waals surface area contributed by atoms with E-state index < -0.39 is 0 Å². The molecule has 4 heteroatoms. The van der Waals surface area contributed by atoms with E-state index in [4.69, 9.17) is 16.3 Å². The Hall–Kier alpha value is -1.22. The van der Waals surface area contributed by atoms with E-state index in [1.54, 1.807) is 7.11 Å². The van der Waals surface area contributed by atoms with Crippen LogP contribution in [0.1, 0.15) is 17.5 Å². The molecule has 0 heterocycles. The van der Waals surface area contributed by atoms with Gasteiger partial charge in [0.15, 0.2) is 0 Å². The molecule has 0 aliphatic carbocycles. The van der Waals surface area contributed by atoms with Gasteiger partial charge in [-0.3, -0.25) is 4.79 Å². The summed E-state index contributed by atoms with van der Waals surface area (Å²) in [5.74, 6) is 1.26. The summed E-state index contributed by atoms with van der Waals surface area (Å²) < 4.78 is 5.19. The summed E-state index contributed by atoms with van der Waals surface area (Å²) in [6.45, 7) is 2.65. The molecular formula is C13H18ClNO2. The molecule has 1 rings (SSSR count). The third-order valence-electron chi connectivity index (χ3n) is 2.52. The molecule has 0 aromatic heterocycles. The smallest absolute Gasteiger partial charge is 0.221 e. The van der Waals surface area contributed by atoms with Gasteiger partial charge in [-0.15, -0.1) is 11.6 Å². The average Bonchev–Trinajstić information content (AvgIpc) is 2.29. The fourth-order valence-electron chi connectivity index (χ4n) is 1.62.